The summed E-state index contributed by atoms with van der Waals surface area (Å²) in [5.41, 5.74) is 3.21. The third kappa shape index (κ3) is 3.07. The minimum atomic E-state index is 0.682. The van der Waals surface area contributed by atoms with Gasteiger partial charge in [-0.1, -0.05) is 31.2 Å². The Morgan fingerprint density at radius 2 is 1.95 bits per heavy atom. The summed E-state index contributed by atoms with van der Waals surface area (Å²) < 4.78 is 0. The van der Waals surface area contributed by atoms with Gasteiger partial charge < -0.3 is 4.90 Å². The van der Waals surface area contributed by atoms with E-state index in [0.29, 0.717) is 6.04 Å². The Hall–Kier alpha value is -0.860. The Balaban J connectivity index is 1.71. The van der Waals surface area contributed by atoms with Crippen LogP contribution in [0, 0.1) is 0 Å². The fourth-order valence-electron chi connectivity index (χ4n) is 3.95. The first-order chi connectivity index (χ1) is 9.88. The molecule has 1 fully saturated rings. The lowest BCUT2D eigenvalue weighted by Gasteiger charge is -2.35. The molecule has 0 unspecified atom stereocenters. The van der Waals surface area contributed by atoms with Crippen LogP contribution < -0.4 is 0 Å². The molecular weight excluding hydrogens is 244 g/mol. The quantitative estimate of drug-likeness (QED) is 0.831. The third-order valence-electron chi connectivity index (χ3n) is 4.94. The van der Waals surface area contributed by atoms with E-state index < -0.39 is 0 Å². The first-order valence-electron chi connectivity index (χ1n) is 8.42. The van der Waals surface area contributed by atoms with Crippen molar-refractivity contribution in [3.8, 4) is 0 Å². The molecule has 1 aromatic carbocycles. The highest BCUT2D eigenvalue weighted by Crippen LogP contribution is 2.34. The van der Waals surface area contributed by atoms with Crippen molar-refractivity contribution >= 4 is 0 Å². The van der Waals surface area contributed by atoms with E-state index in [9.17, 15) is 0 Å². The number of hydrogen-bond donors (Lipinski definition) is 0. The van der Waals surface area contributed by atoms with Crippen molar-refractivity contribution in [2.45, 2.75) is 45.1 Å². The van der Waals surface area contributed by atoms with Crippen LogP contribution in [0.1, 0.15) is 49.8 Å². The van der Waals surface area contributed by atoms with Gasteiger partial charge in [-0.3, -0.25) is 4.90 Å². The van der Waals surface area contributed by atoms with Gasteiger partial charge in [-0.2, -0.15) is 0 Å². The fraction of sp³-hybridized carbons (Fsp3) is 0.667. The smallest absolute Gasteiger partial charge is 0.0351 e. The molecule has 1 atom stereocenters. The van der Waals surface area contributed by atoms with E-state index in [4.69, 9.17) is 0 Å². The summed E-state index contributed by atoms with van der Waals surface area (Å²) >= 11 is 0. The highest BCUT2D eigenvalue weighted by Gasteiger charge is 2.26. The molecule has 1 aromatic rings. The fourth-order valence-corrected chi connectivity index (χ4v) is 3.95. The van der Waals surface area contributed by atoms with E-state index in [-0.39, 0.29) is 0 Å². The second-order valence-electron chi connectivity index (χ2n) is 6.34. The van der Waals surface area contributed by atoms with Crippen LogP contribution in [-0.2, 0) is 6.42 Å². The number of hydrogen-bond acceptors (Lipinski definition) is 2. The number of benzene rings is 1. The van der Waals surface area contributed by atoms with Crippen LogP contribution in [0.15, 0.2) is 24.3 Å². The molecule has 0 saturated carbocycles. The van der Waals surface area contributed by atoms with Crippen LogP contribution >= 0.6 is 0 Å². The summed E-state index contributed by atoms with van der Waals surface area (Å²) in [6, 6.07) is 9.81. The predicted octanol–water partition coefficient (Wildman–Crippen LogP) is 3.48. The van der Waals surface area contributed by atoms with E-state index in [1.807, 2.05) is 0 Å². The highest BCUT2D eigenvalue weighted by molar-refractivity contribution is 5.32. The first kappa shape index (κ1) is 14.1. The minimum absolute atomic E-state index is 0.682. The molecule has 1 aliphatic heterocycles. The van der Waals surface area contributed by atoms with Crippen molar-refractivity contribution in [1.29, 1.82) is 0 Å². The minimum Gasteiger partial charge on any atom is -0.302 e. The molecule has 0 radical (unpaired) electrons. The number of nitrogens with zero attached hydrogens (tertiary/aromatic N) is 2. The third-order valence-corrected chi connectivity index (χ3v) is 4.94. The van der Waals surface area contributed by atoms with Crippen molar-refractivity contribution in [1.82, 2.24) is 9.80 Å². The molecule has 1 heterocycles. The zero-order chi connectivity index (χ0) is 13.8. The molecule has 0 bridgehead atoms. The van der Waals surface area contributed by atoms with Crippen LogP contribution in [0.4, 0.5) is 0 Å². The van der Waals surface area contributed by atoms with Gasteiger partial charge in [-0.15, -0.1) is 0 Å². The molecule has 0 amide bonds. The number of aryl methyl sites for hydroxylation is 1. The van der Waals surface area contributed by atoms with Gasteiger partial charge in [0.25, 0.3) is 0 Å². The average Bonchev–Trinajstić information content (AvgIpc) is 2.73. The molecular formula is C18H28N2. The standard InChI is InChI=1S/C18H28N2/c1-2-11-19-12-6-13-20(15-14-19)18-10-5-8-16-7-3-4-9-17(16)18/h3-4,7,9,18H,2,5-6,8,10-15H2,1H3/t18-/m1/s1. The van der Waals surface area contributed by atoms with Gasteiger partial charge >= 0.3 is 0 Å². The Bertz CT molecular complexity index is 429. The van der Waals surface area contributed by atoms with Gasteiger partial charge in [0.2, 0.25) is 0 Å². The molecule has 3 rings (SSSR count). The lowest BCUT2D eigenvalue weighted by molar-refractivity contribution is 0.181. The zero-order valence-electron chi connectivity index (χ0n) is 12.9. The van der Waals surface area contributed by atoms with Crippen molar-refractivity contribution in [2.24, 2.45) is 0 Å². The maximum atomic E-state index is 2.76. The van der Waals surface area contributed by atoms with E-state index in [1.54, 1.807) is 11.1 Å². The van der Waals surface area contributed by atoms with Gasteiger partial charge in [0, 0.05) is 25.7 Å². The predicted molar refractivity (Wildman–Crippen MR) is 85.0 cm³/mol. The van der Waals surface area contributed by atoms with Crippen LogP contribution in [0.25, 0.3) is 0 Å². The molecule has 0 aromatic heterocycles. The van der Waals surface area contributed by atoms with Gasteiger partial charge in [0.15, 0.2) is 0 Å². The van der Waals surface area contributed by atoms with Gasteiger partial charge in [0.05, 0.1) is 0 Å². The Morgan fingerprint density at radius 3 is 2.85 bits per heavy atom. The number of fused-ring (bicyclic) bond motifs is 1. The topological polar surface area (TPSA) is 6.48 Å². The SMILES string of the molecule is CCCN1CCCN([C@@H]2CCCc3ccccc32)CC1. The maximum absolute atomic E-state index is 2.76. The van der Waals surface area contributed by atoms with Crippen molar-refractivity contribution in [3.05, 3.63) is 35.4 Å². The van der Waals surface area contributed by atoms with Gasteiger partial charge in [-0.25, -0.2) is 0 Å². The zero-order valence-corrected chi connectivity index (χ0v) is 12.9. The van der Waals surface area contributed by atoms with Crippen molar-refractivity contribution < 1.29 is 0 Å². The molecule has 0 N–H and O–H groups in total. The van der Waals surface area contributed by atoms with E-state index >= 15 is 0 Å². The van der Waals surface area contributed by atoms with E-state index in [1.165, 1.54) is 64.8 Å². The van der Waals surface area contributed by atoms with Crippen LogP contribution in [0.5, 0.6) is 0 Å². The summed E-state index contributed by atoms with van der Waals surface area (Å²) in [4.78, 5) is 5.41. The molecule has 1 saturated heterocycles. The first-order valence-corrected chi connectivity index (χ1v) is 8.42. The molecule has 110 valence electrons. The summed E-state index contributed by atoms with van der Waals surface area (Å²) in [7, 11) is 0. The Morgan fingerprint density at radius 1 is 1.05 bits per heavy atom. The van der Waals surface area contributed by atoms with Crippen molar-refractivity contribution in [2.75, 3.05) is 32.7 Å². The second kappa shape index (κ2) is 6.73. The number of rotatable bonds is 3. The van der Waals surface area contributed by atoms with Crippen LogP contribution in [-0.4, -0.2) is 42.5 Å². The van der Waals surface area contributed by atoms with E-state index in [2.05, 4.69) is 41.0 Å². The summed E-state index contributed by atoms with van der Waals surface area (Å²) in [6.45, 7) is 8.64. The Labute approximate surface area is 123 Å². The molecule has 0 spiro atoms. The maximum Gasteiger partial charge on any atom is 0.0351 e. The average molecular weight is 272 g/mol. The molecule has 2 aliphatic rings. The largest absolute Gasteiger partial charge is 0.302 e. The highest BCUT2D eigenvalue weighted by atomic mass is 15.2. The summed E-state index contributed by atoms with van der Waals surface area (Å²) in [5.74, 6) is 0. The lowest BCUT2D eigenvalue weighted by Crippen LogP contribution is -2.35. The molecule has 20 heavy (non-hydrogen) atoms. The van der Waals surface area contributed by atoms with Crippen molar-refractivity contribution in [3.63, 3.8) is 0 Å². The van der Waals surface area contributed by atoms with Gasteiger partial charge in [-0.05, 0) is 56.3 Å². The second-order valence-corrected chi connectivity index (χ2v) is 6.34. The summed E-state index contributed by atoms with van der Waals surface area (Å²) in [5, 5.41) is 0. The molecule has 1 aliphatic carbocycles. The molecule has 2 heteroatoms. The van der Waals surface area contributed by atoms with Gasteiger partial charge in [0.1, 0.15) is 0 Å². The molecule has 2 nitrogen and oxygen atoms in total. The van der Waals surface area contributed by atoms with Crippen LogP contribution in [0.2, 0.25) is 0 Å². The van der Waals surface area contributed by atoms with Crippen LogP contribution in [0.3, 0.4) is 0 Å². The lowest BCUT2D eigenvalue weighted by atomic mass is 9.87. The monoisotopic (exact) mass is 272 g/mol. The normalized spacial score (nSPS) is 25.1. The van der Waals surface area contributed by atoms with E-state index in [0.717, 1.165) is 0 Å². The Kier molecular flexibility index (Phi) is 4.74. The summed E-state index contributed by atoms with van der Waals surface area (Å²) in [6.07, 6.45) is 6.61.